The molecule has 5 fully saturated rings. The van der Waals surface area contributed by atoms with E-state index in [0.29, 0.717) is 5.54 Å². The molecule has 5 rings (SSSR count). The van der Waals surface area contributed by atoms with E-state index >= 15 is 0 Å². The molecular formula is C13H20ClNOS. The minimum Gasteiger partial charge on any atom is -0.472 e. The summed E-state index contributed by atoms with van der Waals surface area (Å²) in [6.45, 7) is 0.871. The van der Waals surface area contributed by atoms with Gasteiger partial charge in [0, 0.05) is 5.75 Å². The van der Waals surface area contributed by atoms with Gasteiger partial charge in [-0.05, 0) is 56.3 Å². The highest BCUT2D eigenvalue weighted by Crippen LogP contribution is 2.57. The molecule has 96 valence electrons. The molecule has 4 heteroatoms. The van der Waals surface area contributed by atoms with Crippen molar-refractivity contribution in [1.29, 1.82) is 0 Å². The summed E-state index contributed by atoms with van der Waals surface area (Å²) in [5, 5.41) is 1.00. The summed E-state index contributed by atoms with van der Waals surface area (Å²) in [5.41, 5.74) is 0.307. The number of rotatable bonds is 1. The summed E-state index contributed by atoms with van der Waals surface area (Å²) < 4.78 is 5.60. The van der Waals surface area contributed by atoms with Gasteiger partial charge in [0.2, 0.25) is 5.23 Å². The van der Waals surface area contributed by atoms with Gasteiger partial charge in [-0.1, -0.05) is 11.8 Å². The molecular weight excluding hydrogens is 254 g/mol. The van der Waals surface area contributed by atoms with Gasteiger partial charge in [-0.2, -0.15) is 0 Å². The zero-order chi connectivity index (χ0) is 10.6. The first kappa shape index (κ1) is 12.2. The molecule has 0 aromatic carbocycles. The molecule has 0 atom stereocenters. The highest BCUT2D eigenvalue weighted by molar-refractivity contribution is 8.13. The first-order chi connectivity index (χ1) is 7.81. The molecule has 4 saturated carbocycles. The summed E-state index contributed by atoms with van der Waals surface area (Å²) in [4.78, 5) is 5.02. The van der Waals surface area contributed by atoms with Gasteiger partial charge in [0.05, 0.1) is 5.54 Å². The second kappa shape index (κ2) is 4.34. The predicted octanol–water partition coefficient (Wildman–Crippen LogP) is 3.50. The highest BCUT2D eigenvalue weighted by Gasteiger charge is 2.51. The van der Waals surface area contributed by atoms with Crippen LogP contribution in [0.3, 0.4) is 0 Å². The zero-order valence-corrected chi connectivity index (χ0v) is 11.7. The Morgan fingerprint density at radius 2 is 1.65 bits per heavy atom. The molecule has 4 aliphatic carbocycles. The van der Waals surface area contributed by atoms with Crippen molar-refractivity contribution in [3.63, 3.8) is 0 Å². The standard InChI is InChI=1S/C13H19NOS.ClH/c1-2-16-12(15-1)14-13-6-9-3-10(7-13)5-11(4-9)8-13;/h9-11H,1-8H2;1H. The lowest BCUT2D eigenvalue weighted by atomic mass is 9.53. The summed E-state index contributed by atoms with van der Waals surface area (Å²) >= 11 is 1.82. The number of nitrogens with zero attached hydrogens (tertiary/aromatic N) is 1. The van der Waals surface area contributed by atoms with Crippen molar-refractivity contribution >= 4 is 29.4 Å². The normalized spacial score (nSPS) is 49.2. The third-order valence-corrected chi connectivity index (χ3v) is 5.70. The Morgan fingerprint density at radius 1 is 1.06 bits per heavy atom. The molecule has 1 aliphatic heterocycles. The Hall–Kier alpha value is 0.110. The maximum atomic E-state index is 5.60. The van der Waals surface area contributed by atoms with Crippen LogP contribution in [0.5, 0.6) is 0 Å². The molecule has 0 aromatic rings. The average molecular weight is 274 g/mol. The van der Waals surface area contributed by atoms with E-state index in [2.05, 4.69) is 0 Å². The smallest absolute Gasteiger partial charge is 0.246 e. The lowest BCUT2D eigenvalue weighted by Crippen LogP contribution is -2.49. The van der Waals surface area contributed by atoms with Gasteiger partial charge in [-0.25, -0.2) is 4.99 Å². The Balaban J connectivity index is 0.000000902. The number of thioether (sulfide) groups is 1. The van der Waals surface area contributed by atoms with Crippen LogP contribution in [-0.2, 0) is 4.74 Å². The van der Waals surface area contributed by atoms with E-state index in [0.717, 1.165) is 35.3 Å². The second-order valence-corrected chi connectivity index (χ2v) is 7.26. The minimum atomic E-state index is 0. The largest absolute Gasteiger partial charge is 0.472 e. The molecule has 2 nitrogen and oxygen atoms in total. The first-order valence-corrected chi connectivity index (χ1v) is 7.65. The Kier molecular flexibility index (Phi) is 3.10. The molecule has 0 radical (unpaired) electrons. The Bertz CT molecular complexity index is 301. The van der Waals surface area contributed by atoms with Crippen LogP contribution in [0.2, 0.25) is 0 Å². The van der Waals surface area contributed by atoms with Gasteiger partial charge >= 0.3 is 0 Å². The molecule has 0 unspecified atom stereocenters. The van der Waals surface area contributed by atoms with Crippen LogP contribution in [0.25, 0.3) is 0 Å². The predicted molar refractivity (Wildman–Crippen MR) is 74.0 cm³/mol. The van der Waals surface area contributed by atoms with E-state index in [1.54, 1.807) is 0 Å². The number of aliphatic imine (C=N–C) groups is 1. The fourth-order valence-electron chi connectivity index (χ4n) is 4.76. The zero-order valence-electron chi connectivity index (χ0n) is 10.1. The molecule has 1 saturated heterocycles. The van der Waals surface area contributed by atoms with Crippen LogP contribution in [0.1, 0.15) is 38.5 Å². The molecule has 17 heavy (non-hydrogen) atoms. The molecule has 0 spiro atoms. The second-order valence-electron chi connectivity index (χ2n) is 6.22. The Labute approximate surface area is 113 Å². The molecule has 5 aliphatic rings. The van der Waals surface area contributed by atoms with Crippen molar-refractivity contribution in [2.75, 3.05) is 12.4 Å². The van der Waals surface area contributed by atoms with Gasteiger partial charge < -0.3 is 4.74 Å². The summed E-state index contributed by atoms with van der Waals surface area (Å²) in [7, 11) is 0. The van der Waals surface area contributed by atoms with Crippen LogP contribution < -0.4 is 0 Å². The molecule has 4 bridgehead atoms. The molecule has 0 amide bonds. The van der Waals surface area contributed by atoms with Gasteiger partial charge in [0.1, 0.15) is 6.61 Å². The van der Waals surface area contributed by atoms with Gasteiger partial charge in [-0.3, -0.25) is 0 Å². The van der Waals surface area contributed by atoms with Crippen LogP contribution in [0, 0.1) is 17.8 Å². The Morgan fingerprint density at radius 3 is 2.12 bits per heavy atom. The van der Waals surface area contributed by atoms with Crippen molar-refractivity contribution in [2.24, 2.45) is 22.7 Å². The lowest BCUT2D eigenvalue weighted by Gasteiger charge is -2.54. The van der Waals surface area contributed by atoms with Crippen molar-refractivity contribution < 1.29 is 4.74 Å². The van der Waals surface area contributed by atoms with Gasteiger partial charge in [0.25, 0.3) is 0 Å². The fraction of sp³-hybridized carbons (Fsp3) is 0.923. The number of hydrogen-bond acceptors (Lipinski definition) is 3. The maximum absolute atomic E-state index is 5.60. The third-order valence-electron chi connectivity index (χ3n) is 4.87. The monoisotopic (exact) mass is 273 g/mol. The van der Waals surface area contributed by atoms with E-state index in [9.17, 15) is 0 Å². The number of hydrogen-bond donors (Lipinski definition) is 0. The van der Waals surface area contributed by atoms with Crippen LogP contribution >= 0.6 is 24.2 Å². The van der Waals surface area contributed by atoms with Gasteiger partial charge in [-0.15, -0.1) is 12.4 Å². The van der Waals surface area contributed by atoms with Crippen LogP contribution in [-0.4, -0.2) is 23.1 Å². The molecule has 0 aromatic heterocycles. The lowest BCUT2D eigenvalue weighted by molar-refractivity contribution is 0.000926. The van der Waals surface area contributed by atoms with Crippen molar-refractivity contribution in [3.8, 4) is 0 Å². The minimum absolute atomic E-state index is 0. The highest BCUT2D eigenvalue weighted by atomic mass is 35.5. The van der Waals surface area contributed by atoms with E-state index in [1.807, 2.05) is 11.8 Å². The quantitative estimate of drug-likeness (QED) is 0.729. The number of halogens is 1. The molecule has 0 N–H and O–H groups in total. The third kappa shape index (κ3) is 2.10. The summed E-state index contributed by atoms with van der Waals surface area (Å²) in [6, 6.07) is 0. The van der Waals surface area contributed by atoms with E-state index < -0.39 is 0 Å². The first-order valence-electron chi connectivity index (χ1n) is 6.67. The number of ether oxygens (including phenoxy) is 1. The maximum Gasteiger partial charge on any atom is 0.246 e. The van der Waals surface area contributed by atoms with E-state index in [1.165, 1.54) is 38.5 Å². The van der Waals surface area contributed by atoms with Crippen LogP contribution in [0.15, 0.2) is 4.99 Å². The van der Waals surface area contributed by atoms with Crippen molar-refractivity contribution in [1.82, 2.24) is 0 Å². The molecule has 1 heterocycles. The SMILES string of the molecule is C1CSC(=NC23CC4CC(CC(C4)C2)C3)O1.Cl. The topological polar surface area (TPSA) is 21.6 Å². The average Bonchev–Trinajstić information content (AvgIpc) is 2.66. The van der Waals surface area contributed by atoms with Crippen molar-refractivity contribution in [3.05, 3.63) is 0 Å². The van der Waals surface area contributed by atoms with Crippen LogP contribution in [0.4, 0.5) is 0 Å². The van der Waals surface area contributed by atoms with Crippen molar-refractivity contribution in [2.45, 2.75) is 44.1 Å². The van der Waals surface area contributed by atoms with E-state index in [-0.39, 0.29) is 12.4 Å². The van der Waals surface area contributed by atoms with E-state index in [4.69, 9.17) is 9.73 Å². The fourth-order valence-corrected chi connectivity index (χ4v) is 5.53. The summed E-state index contributed by atoms with van der Waals surface area (Å²) in [6.07, 6.45) is 8.56. The summed E-state index contributed by atoms with van der Waals surface area (Å²) in [5.74, 6) is 4.07. The van der Waals surface area contributed by atoms with Gasteiger partial charge in [0.15, 0.2) is 0 Å².